The number of imide groups is 1. The van der Waals surface area contributed by atoms with Gasteiger partial charge in [-0.05, 0) is 48.9 Å². The van der Waals surface area contributed by atoms with Crippen LogP contribution in [-0.4, -0.2) is 32.1 Å². The molecular formula is C26H24N2O5. The second kappa shape index (κ2) is 8.26. The van der Waals surface area contributed by atoms with Gasteiger partial charge in [-0.15, -0.1) is 0 Å². The van der Waals surface area contributed by atoms with E-state index in [9.17, 15) is 9.59 Å². The van der Waals surface area contributed by atoms with Crippen molar-refractivity contribution in [2.75, 3.05) is 24.2 Å². The van der Waals surface area contributed by atoms with Gasteiger partial charge in [-0.25, -0.2) is 9.96 Å². The summed E-state index contributed by atoms with van der Waals surface area (Å²) < 4.78 is 10.9. The molecule has 3 aromatic rings. The van der Waals surface area contributed by atoms with Crippen LogP contribution in [0.3, 0.4) is 0 Å². The number of benzene rings is 3. The zero-order chi connectivity index (χ0) is 23.1. The third-order valence-electron chi connectivity index (χ3n) is 6.17. The first kappa shape index (κ1) is 21.0. The van der Waals surface area contributed by atoms with Gasteiger partial charge < -0.3 is 9.47 Å². The van der Waals surface area contributed by atoms with E-state index in [1.807, 2.05) is 61.5 Å². The van der Waals surface area contributed by atoms with Crippen LogP contribution < -0.4 is 19.4 Å². The van der Waals surface area contributed by atoms with Crippen molar-refractivity contribution in [1.29, 1.82) is 0 Å². The maximum absolute atomic E-state index is 13.7. The summed E-state index contributed by atoms with van der Waals surface area (Å²) >= 11 is 0. The second-order valence-electron chi connectivity index (χ2n) is 8.12. The van der Waals surface area contributed by atoms with Crippen molar-refractivity contribution in [2.24, 2.45) is 5.92 Å². The number of anilines is 2. The number of amides is 2. The summed E-state index contributed by atoms with van der Waals surface area (Å²) in [5, 5.41) is 1.67. The smallest absolute Gasteiger partial charge is 0.266 e. The molecule has 2 heterocycles. The minimum Gasteiger partial charge on any atom is -0.493 e. The van der Waals surface area contributed by atoms with Crippen LogP contribution in [0.15, 0.2) is 72.8 Å². The molecule has 33 heavy (non-hydrogen) atoms. The highest BCUT2D eigenvalue weighted by Gasteiger charge is 2.60. The number of carbonyl (C=O) groups excluding carboxylic acids is 2. The van der Waals surface area contributed by atoms with Crippen LogP contribution in [0.5, 0.6) is 11.5 Å². The minimum absolute atomic E-state index is 0.285. The number of fused-ring (bicyclic) bond motifs is 1. The molecule has 0 N–H and O–H groups in total. The Kier molecular flexibility index (Phi) is 5.26. The van der Waals surface area contributed by atoms with Crippen LogP contribution in [0.4, 0.5) is 11.4 Å². The maximum Gasteiger partial charge on any atom is 0.266 e. The Bertz CT molecular complexity index is 1200. The summed E-state index contributed by atoms with van der Waals surface area (Å²) in [5.41, 5.74) is 3.14. The van der Waals surface area contributed by atoms with Crippen molar-refractivity contribution in [3.63, 3.8) is 0 Å². The zero-order valence-electron chi connectivity index (χ0n) is 18.6. The summed E-state index contributed by atoms with van der Waals surface area (Å²) in [7, 11) is 3.13. The molecule has 2 saturated heterocycles. The topological polar surface area (TPSA) is 68.3 Å². The molecule has 2 aliphatic heterocycles. The molecule has 0 unspecified atom stereocenters. The fourth-order valence-electron chi connectivity index (χ4n) is 4.54. The maximum atomic E-state index is 13.7. The van der Waals surface area contributed by atoms with Crippen LogP contribution in [0.2, 0.25) is 0 Å². The SMILES string of the molecule is COc1ccc([C@H]2[C@H]3C(=O)N(c4ccc(C)cc4)C(=O)[C@H]3ON2c2ccccc2)cc1OC. The summed E-state index contributed by atoms with van der Waals surface area (Å²) in [6.07, 6.45) is -0.919. The van der Waals surface area contributed by atoms with Gasteiger partial charge in [0, 0.05) is 0 Å². The quantitative estimate of drug-likeness (QED) is 0.553. The predicted octanol–water partition coefficient (Wildman–Crippen LogP) is 4.06. The van der Waals surface area contributed by atoms with Gasteiger partial charge in [-0.2, -0.15) is 0 Å². The molecule has 7 heteroatoms. The Balaban J connectivity index is 1.60. The number of ether oxygens (including phenoxy) is 2. The molecule has 0 saturated carbocycles. The molecule has 0 bridgehead atoms. The number of rotatable bonds is 5. The van der Waals surface area contributed by atoms with E-state index in [0.717, 1.165) is 16.8 Å². The highest BCUT2D eigenvalue weighted by atomic mass is 16.7. The van der Waals surface area contributed by atoms with Gasteiger partial charge in [0.05, 0.1) is 31.6 Å². The lowest BCUT2D eigenvalue weighted by molar-refractivity contribution is -0.126. The van der Waals surface area contributed by atoms with E-state index >= 15 is 0 Å². The van der Waals surface area contributed by atoms with Crippen LogP contribution in [0.1, 0.15) is 17.2 Å². The van der Waals surface area contributed by atoms with Crippen molar-refractivity contribution >= 4 is 23.2 Å². The highest BCUT2D eigenvalue weighted by molar-refractivity contribution is 6.23. The largest absolute Gasteiger partial charge is 0.493 e. The summed E-state index contributed by atoms with van der Waals surface area (Å²) in [5.74, 6) is -0.237. The Morgan fingerprint density at radius 3 is 2.15 bits per heavy atom. The average Bonchev–Trinajstić information content (AvgIpc) is 3.36. The minimum atomic E-state index is -0.919. The molecule has 3 atom stereocenters. The van der Waals surface area contributed by atoms with Gasteiger partial charge >= 0.3 is 0 Å². The second-order valence-corrected chi connectivity index (χ2v) is 8.12. The number of carbonyl (C=O) groups is 2. The molecule has 0 aromatic heterocycles. The fraction of sp³-hybridized carbons (Fsp3) is 0.231. The molecule has 168 valence electrons. The van der Waals surface area contributed by atoms with Crippen LogP contribution in [0.25, 0.3) is 0 Å². The summed E-state index contributed by atoms with van der Waals surface area (Å²) in [6, 6.07) is 21.8. The van der Waals surface area contributed by atoms with Crippen molar-refractivity contribution < 1.29 is 23.9 Å². The third kappa shape index (κ3) is 3.41. The number of para-hydroxylation sites is 1. The molecule has 0 spiro atoms. The molecule has 2 fully saturated rings. The number of methoxy groups -OCH3 is 2. The molecule has 2 amide bonds. The van der Waals surface area contributed by atoms with Gasteiger partial charge in [-0.3, -0.25) is 14.4 Å². The predicted molar refractivity (Wildman–Crippen MR) is 123 cm³/mol. The van der Waals surface area contributed by atoms with Crippen molar-refractivity contribution in [3.05, 3.63) is 83.9 Å². The lowest BCUT2D eigenvalue weighted by atomic mass is 9.90. The summed E-state index contributed by atoms with van der Waals surface area (Å²) in [4.78, 5) is 34.4. The van der Waals surface area contributed by atoms with Crippen molar-refractivity contribution in [3.8, 4) is 11.5 Å². The molecular weight excluding hydrogens is 420 g/mol. The molecule has 2 aliphatic rings. The normalized spacial score (nSPS) is 22.0. The standard InChI is InChI=1S/C26H24N2O5/c1-16-9-12-18(13-10-16)27-25(29)22-23(17-11-14-20(31-2)21(15-17)32-3)28(33-24(22)26(27)30)19-7-5-4-6-8-19/h4-15,22-24H,1-3H3/t22-,23+,24+/m1/s1. The Labute approximate surface area is 192 Å². The third-order valence-corrected chi connectivity index (χ3v) is 6.17. The number of hydroxylamine groups is 1. The lowest BCUT2D eigenvalue weighted by Gasteiger charge is -2.29. The molecule has 0 aliphatic carbocycles. The van der Waals surface area contributed by atoms with Gasteiger partial charge in [0.2, 0.25) is 5.91 Å². The van der Waals surface area contributed by atoms with Gasteiger partial charge in [0.1, 0.15) is 5.92 Å². The van der Waals surface area contributed by atoms with E-state index in [4.69, 9.17) is 14.3 Å². The lowest BCUT2D eigenvalue weighted by Crippen LogP contribution is -2.37. The fourth-order valence-corrected chi connectivity index (χ4v) is 4.54. The molecule has 5 rings (SSSR count). The average molecular weight is 444 g/mol. The number of hydrogen-bond donors (Lipinski definition) is 0. The first-order chi connectivity index (χ1) is 16.0. The Morgan fingerprint density at radius 2 is 1.48 bits per heavy atom. The highest BCUT2D eigenvalue weighted by Crippen LogP contribution is 2.48. The molecule has 0 radical (unpaired) electrons. The zero-order valence-corrected chi connectivity index (χ0v) is 18.6. The van der Waals surface area contributed by atoms with E-state index in [-0.39, 0.29) is 11.8 Å². The first-order valence-electron chi connectivity index (χ1n) is 10.7. The van der Waals surface area contributed by atoms with Gasteiger partial charge in [0.15, 0.2) is 17.6 Å². The van der Waals surface area contributed by atoms with Gasteiger partial charge in [-0.1, -0.05) is 42.0 Å². The summed E-state index contributed by atoms with van der Waals surface area (Å²) in [6.45, 7) is 1.96. The van der Waals surface area contributed by atoms with Gasteiger partial charge in [0.25, 0.3) is 5.91 Å². The van der Waals surface area contributed by atoms with E-state index in [2.05, 4.69) is 0 Å². The van der Waals surface area contributed by atoms with Crippen molar-refractivity contribution in [2.45, 2.75) is 19.1 Å². The number of nitrogens with zero attached hydrogens (tertiary/aromatic N) is 2. The number of hydrogen-bond acceptors (Lipinski definition) is 6. The van der Waals surface area contributed by atoms with E-state index in [1.165, 1.54) is 4.90 Å². The first-order valence-corrected chi connectivity index (χ1v) is 10.7. The Morgan fingerprint density at radius 1 is 0.788 bits per heavy atom. The van der Waals surface area contributed by atoms with Crippen LogP contribution in [-0.2, 0) is 14.4 Å². The monoisotopic (exact) mass is 444 g/mol. The van der Waals surface area contributed by atoms with E-state index < -0.39 is 18.1 Å². The molecule has 7 nitrogen and oxygen atoms in total. The number of aryl methyl sites for hydroxylation is 1. The van der Waals surface area contributed by atoms with Crippen LogP contribution in [0, 0.1) is 12.8 Å². The van der Waals surface area contributed by atoms with E-state index in [1.54, 1.807) is 37.5 Å². The molecule has 3 aromatic carbocycles. The van der Waals surface area contributed by atoms with E-state index in [0.29, 0.717) is 17.2 Å². The Hall–Kier alpha value is -3.84. The van der Waals surface area contributed by atoms with Crippen molar-refractivity contribution in [1.82, 2.24) is 0 Å². The van der Waals surface area contributed by atoms with Crippen LogP contribution >= 0.6 is 0 Å².